The lowest BCUT2D eigenvalue weighted by Crippen LogP contribution is -2.30. The van der Waals surface area contributed by atoms with Gasteiger partial charge in [0, 0.05) is 24.4 Å². The van der Waals surface area contributed by atoms with Crippen LogP contribution in [0.2, 0.25) is 0 Å². The highest BCUT2D eigenvalue weighted by Gasteiger charge is 2.23. The molecule has 1 fully saturated rings. The van der Waals surface area contributed by atoms with E-state index in [4.69, 9.17) is 15.2 Å². The Bertz CT molecular complexity index is 428. The Morgan fingerprint density at radius 2 is 2.44 bits per heavy atom. The maximum Gasteiger partial charge on any atom is 0.225 e. The Balaban J connectivity index is 1.96. The molecule has 1 amide bonds. The fourth-order valence-electron chi connectivity index (χ4n) is 2.00. The first-order valence-electron chi connectivity index (χ1n) is 5.98. The molecule has 3 N–H and O–H groups in total. The number of methoxy groups -OCH3 is 1. The normalized spacial score (nSPS) is 18.6. The molecule has 0 aliphatic carbocycles. The molecule has 0 radical (unpaired) electrons. The van der Waals surface area contributed by atoms with E-state index in [9.17, 15) is 4.79 Å². The molecule has 1 heterocycles. The van der Waals surface area contributed by atoms with Crippen LogP contribution in [0.1, 0.15) is 12.0 Å². The molecule has 1 aromatic carbocycles. The van der Waals surface area contributed by atoms with Crippen LogP contribution in [0, 0.1) is 5.92 Å². The maximum atomic E-state index is 11.8. The Morgan fingerprint density at radius 1 is 1.61 bits per heavy atom. The number of hydrogen-bond acceptors (Lipinski definition) is 4. The average molecular weight is 250 g/mol. The first-order valence-corrected chi connectivity index (χ1v) is 5.98. The van der Waals surface area contributed by atoms with Crippen molar-refractivity contribution in [1.82, 2.24) is 5.32 Å². The van der Waals surface area contributed by atoms with Crippen LogP contribution in [-0.2, 0) is 16.1 Å². The Labute approximate surface area is 106 Å². The summed E-state index contributed by atoms with van der Waals surface area (Å²) < 4.78 is 10.4. The summed E-state index contributed by atoms with van der Waals surface area (Å²) in [6.45, 7) is 1.60. The van der Waals surface area contributed by atoms with Crippen molar-refractivity contribution in [2.24, 2.45) is 5.92 Å². The van der Waals surface area contributed by atoms with Gasteiger partial charge >= 0.3 is 0 Å². The minimum atomic E-state index is -0.0305. The predicted octanol–water partition coefficient (Wildman–Crippen LogP) is 0.930. The van der Waals surface area contributed by atoms with Crippen molar-refractivity contribution >= 4 is 11.6 Å². The van der Waals surface area contributed by atoms with Gasteiger partial charge in [0.05, 0.1) is 19.6 Å². The van der Waals surface area contributed by atoms with Crippen LogP contribution >= 0.6 is 0 Å². The predicted molar refractivity (Wildman–Crippen MR) is 68.2 cm³/mol. The second kappa shape index (κ2) is 5.73. The summed E-state index contributed by atoms with van der Waals surface area (Å²) >= 11 is 0. The number of nitrogens with two attached hydrogens (primary N) is 1. The van der Waals surface area contributed by atoms with Crippen LogP contribution in [0.3, 0.4) is 0 Å². The van der Waals surface area contributed by atoms with Crippen LogP contribution in [0.4, 0.5) is 5.69 Å². The molecule has 1 atom stereocenters. The minimum Gasteiger partial charge on any atom is -0.496 e. The third-order valence-electron chi connectivity index (χ3n) is 3.06. The monoisotopic (exact) mass is 250 g/mol. The molecule has 5 heteroatoms. The van der Waals surface area contributed by atoms with Gasteiger partial charge in [-0.25, -0.2) is 0 Å². The molecule has 18 heavy (non-hydrogen) atoms. The van der Waals surface area contributed by atoms with Crippen molar-refractivity contribution < 1.29 is 14.3 Å². The fourth-order valence-corrected chi connectivity index (χ4v) is 2.00. The van der Waals surface area contributed by atoms with Crippen molar-refractivity contribution in [3.63, 3.8) is 0 Å². The number of ether oxygens (including phenoxy) is 2. The van der Waals surface area contributed by atoms with E-state index in [0.717, 1.165) is 17.7 Å². The van der Waals surface area contributed by atoms with E-state index in [0.29, 0.717) is 25.4 Å². The summed E-state index contributed by atoms with van der Waals surface area (Å²) in [5.74, 6) is 0.723. The van der Waals surface area contributed by atoms with E-state index >= 15 is 0 Å². The molecular formula is C13H18N2O3. The van der Waals surface area contributed by atoms with Crippen molar-refractivity contribution in [3.05, 3.63) is 23.8 Å². The molecule has 1 aliphatic heterocycles. The summed E-state index contributed by atoms with van der Waals surface area (Å²) in [7, 11) is 1.60. The number of anilines is 1. The Kier molecular flexibility index (Phi) is 4.04. The highest BCUT2D eigenvalue weighted by atomic mass is 16.5. The smallest absolute Gasteiger partial charge is 0.225 e. The van der Waals surface area contributed by atoms with Gasteiger partial charge in [0.2, 0.25) is 5.91 Å². The molecule has 2 rings (SSSR count). The number of carbonyl (C=O) groups is 1. The lowest BCUT2D eigenvalue weighted by molar-refractivity contribution is -0.125. The highest BCUT2D eigenvalue weighted by molar-refractivity contribution is 5.79. The molecule has 1 aromatic rings. The highest BCUT2D eigenvalue weighted by Crippen LogP contribution is 2.21. The van der Waals surface area contributed by atoms with E-state index in [1.165, 1.54) is 0 Å². The topological polar surface area (TPSA) is 73.6 Å². The molecule has 1 saturated heterocycles. The number of amides is 1. The largest absolute Gasteiger partial charge is 0.496 e. The van der Waals surface area contributed by atoms with E-state index in [2.05, 4.69) is 5.32 Å². The lowest BCUT2D eigenvalue weighted by atomic mass is 10.1. The van der Waals surface area contributed by atoms with E-state index in [1.807, 2.05) is 6.07 Å². The summed E-state index contributed by atoms with van der Waals surface area (Å²) in [4.78, 5) is 11.8. The maximum absolute atomic E-state index is 11.8. The number of benzene rings is 1. The van der Waals surface area contributed by atoms with Crippen molar-refractivity contribution in [2.45, 2.75) is 13.0 Å². The zero-order chi connectivity index (χ0) is 13.0. The van der Waals surface area contributed by atoms with Gasteiger partial charge < -0.3 is 20.5 Å². The lowest BCUT2D eigenvalue weighted by Gasteiger charge is -2.12. The van der Waals surface area contributed by atoms with Gasteiger partial charge in [0.15, 0.2) is 0 Å². The van der Waals surface area contributed by atoms with E-state index < -0.39 is 0 Å². The second-order valence-corrected chi connectivity index (χ2v) is 4.35. The Hall–Kier alpha value is -1.75. The molecule has 0 bridgehead atoms. The van der Waals surface area contributed by atoms with Crippen molar-refractivity contribution in [2.75, 3.05) is 26.1 Å². The average Bonchev–Trinajstić information content (AvgIpc) is 2.90. The van der Waals surface area contributed by atoms with Gasteiger partial charge in [-0.1, -0.05) is 0 Å². The molecule has 5 nitrogen and oxygen atoms in total. The number of rotatable bonds is 4. The van der Waals surface area contributed by atoms with Gasteiger partial charge in [0.25, 0.3) is 0 Å². The molecule has 1 aliphatic rings. The van der Waals surface area contributed by atoms with E-state index in [1.54, 1.807) is 19.2 Å². The fraction of sp³-hybridized carbons (Fsp3) is 0.462. The summed E-state index contributed by atoms with van der Waals surface area (Å²) in [6, 6.07) is 5.38. The number of carbonyl (C=O) groups excluding carboxylic acids is 1. The first-order chi connectivity index (χ1) is 8.70. The standard InChI is InChI=1S/C13H18N2O3/c1-17-12-3-2-11(14)6-10(12)7-15-13(16)9-4-5-18-8-9/h2-3,6,9H,4-5,7-8,14H2,1H3,(H,15,16). The molecule has 98 valence electrons. The molecule has 1 unspecified atom stereocenters. The zero-order valence-corrected chi connectivity index (χ0v) is 10.4. The molecule has 0 aromatic heterocycles. The van der Waals surface area contributed by atoms with Gasteiger partial charge in [-0.3, -0.25) is 4.79 Å². The second-order valence-electron chi connectivity index (χ2n) is 4.35. The van der Waals surface area contributed by atoms with Gasteiger partial charge in [-0.05, 0) is 24.6 Å². The number of nitrogens with one attached hydrogen (secondary N) is 1. The van der Waals surface area contributed by atoms with Crippen LogP contribution in [-0.4, -0.2) is 26.2 Å². The quantitative estimate of drug-likeness (QED) is 0.780. The zero-order valence-electron chi connectivity index (χ0n) is 10.4. The van der Waals surface area contributed by atoms with Gasteiger partial charge in [-0.15, -0.1) is 0 Å². The molecule has 0 saturated carbocycles. The van der Waals surface area contributed by atoms with Crippen molar-refractivity contribution in [3.8, 4) is 5.75 Å². The van der Waals surface area contributed by atoms with Crippen LogP contribution < -0.4 is 15.8 Å². The summed E-state index contributed by atoms with van der Waals surface area (Å²) in [5.41, 5.74) is 7.26. The van der Waals surface area contributed by atoms with E-state index in [-0.39, 0.29) is 11.8 Å². The third-order valence-corrected chi connectivity index (χ3v) is 3.06. The van der Waals surface area contributed by atoms with Crippen LogP contribution in [0.5, 0.6) is 5.75 Å². The van der Waals surface area contributed by atoms with Gasteiger partial charge in [0.1, 0.15) is 5.75 Å². The van der Waals surface area contributed by atoms with Gasteiger partial charge in [-0.2, -0.15) is 0 Å². The number of hydrogen-bond donors (Lipinski definition) is 2. The van der Waals surface area contributed by atoms with Crippen molar-refractivity contribution in [1.29, 1.82) is 0 Å². The number of nitrogen functional groups attached to an aromatic ring is 1. The van der Waals surface area contributed by atoms with Crippen LogP contribution in [0.15, 0.2) is 18.2 Å². The molecular weight excluding hydrogens is 232 g/mol. The minimum absolute atomic E-state index is 0.0250. The summed E-state index contributed by atoms with van der Waals surface area (Å²) in [5, 5.41) is 2.89. The SMILES string of the molecule is COc1ccc(N)cc1CNC(=O)C1CCOC1. The third kappa shape index (κ3) is 2.92. The first kappa shape index (κ1) is 12.7. The molecule has 0 spiro atoms. The van der Waals surface area contributed by atoms with Crippen LogP contribution in [0.25, 0.3) is 0 Å². The summed E-state index contributed by atoms with van der Waals surface area (Å²) in [6.07, 6.45) is 0.792. The Morgan fingerprint density at radius 3 is 3.11 bits per heavy atom.